The largest absolute Gasteiger partial charge is 0.480 e. The number of para-hydroxylation sites is 2. The third kappa shape index (κ3) is 3.15. The van der Waals surface area contributed by atoms with Crippen LogP contribution in [0.3, 0.4) is 0 Å². The third-order valence-electron chi connectivity index (χ3n) is 4.95. The van der Waals surface area contributed by atoms with Crippen molar-refractivity contribution >= 4 is 17.0 Å². The van der Waals surface area contributed by atoms with Crippen LogP contribution in [0.25, 0.3) is 16.7 Å². The van der Waals surface area contributed by atoms with Gasteiger partial charge in [-0.25, -0.2) is 4.98 Å². The Balaban J connectivity index is 1.55. The van der Waals surface area contributed by atoms with Gasteiger partial charge in [-0.15, -0.1) is 0 Å². The smallest absolute Gasteiger partial charge is 0.320 e. The Hall–Kier alpha value is -2.66. The lowest BCUT2D eigenvalue weighted by molar-refractivity contribution is -0.144. The first-order chi connectivity index (χ1) is 12.2. The zero-order valence-corrected chi connectivity index (χ0v) is 14.0. The van der Waals surface area contributed by atoms with Gasteiger partial charge in [-0.1, -0.05) is 30.7 Å². The third-order valence-corrected chi connectivity index (χ3v) is 4.95. The van der Waals surface area contributed by atoms with E-state index in [1.807, 2.05) is 24.5 Å². The van der Waals surface area contributed by atoms with Crippen molar-refractivity contribution in [3.05, 3.63) is 60.4 Å². The highest BCUT2D eigenvalue weighted by Crippen LogP contribution is 2.22. The molecule has 1 fully saturated rings. The van der Waals surface area contributed by atoms with Gasteiger partial charge in [0.1, 0.15) is 12.4 Å². The molecule has 0 amide bonds. The number of aliphatic carboxylic acids is 1. The molecule has 0 bridgehead atoms. The lowest BCUT2D eigenvalue weighted by atomic mass is 10.0. The van der Waals surface area contributed by atoms with E-state index in [9.17, 15) is 9.90 Å². The number of benzene rings is 2. The van der Waals surface area contributed by atoms with Crippen LogP contribution in [0.4, 0.5) is 0 Å². The molecule has 0 radical (unpaired) electrons. The number of nitrogens with zero attached hydrogens (tertiary/aromatic N) is 3. The molecule has 1 saturated heterocycles. The number of carboxylic acids is 1. The van der Waals surface area contributed by atoms with E-state index in [0.717, 1.165) is 48.1 Å². The zero-order valence-electron chi connectivity index (χ0n) is 14.0. The Morgan fingerprint density at radius 3 is 2.72 bits per heavy atom. The molecular formula is C20H21N3O2. The molecule has 1 unspecified atom stereocenters. The van der Waals surface area contributed by atoms with Crippen molar-refractivity contribution in [3.8, 4) is 5.69 Å². The lowest BCUT2D eigenvalue weighted by Crippen LogP contribution is -2.43. The van der Waals surface area contributed by atoms with Crippen LogP contribution >= 0.6 is 0 Å². The Morgan fingerprint density at radius 1 is 1.12 bits per heavy atom. The van der Waals surface area contributed by atoms with Gasteiger partial charge in [-0.05, 0) is 49.2 Å². The Labute approximate surface area is 146 Å². The molecule has 25 heavy (non-hydrogen) atoms. The number of carbonyl (C=O) groups is 1. The van der Waals surface area contributed by atoms with E-state index in [1.54, 1.807) is 0 Å². The van der Waals surface area contributed by atoms with Gasteiger partial charge < -0.3 is 5.11 Å². The molecule has 3 aromatic rings. The van der Waals surface area contributed by atoms with Gasteiger partial charge in [-0.2, -0.15) is 0 Å². The number of piperidine rings is 1. The van der Waals surface area contributed by atoms with Gasteiger partial charge in [-0.3, -0.25) is 14.3 Å². The minimum atomic E-state index is -0.707. The number of carboxylic acid groups (broad SMARTS) is 1. The Morgan fingerprint density at radius 2 is 1.92 bits per heavy atom. The molecule has 0 aliphatic carbocycles. The lowest BCUT2D eigenvalue weighted by Gasteiger charge is -2.32. The maximum atomic E-state index is 11.4. The van der Waals surface area contributed by atoms with Crippen molar-refractivity contribution < 1.29 is 9.90 Å². The molecule has 1 aliphatic heterocycles. The molecule has 1 N–H and O–H groups in total. The standard InChI is InChI=1S/C20H21N3O2/c24-20(25)19-7-3-4-12-22(19)13-15-8-10-16(11-9-15)23-14-21-17-5-1-2-6-18(17)23/h1-2,5-6,8-11,14,19H,3-4,7,12-13H2,(H,24,25). The van der Waals surface area contributed by atoms with Gasteiger partial charge >= 0.3 is 5.97 Å². The number of imidazole rings is 1. The number of hydrogen-bond acceptors (Lipinski definition) is 3. The fourth-order valence-corrected chi connectivity index (χ4v) is 3.62. The maximum absolute atomic E-state index is 11.4. The second-order valence-electron chi connectivity index (χ2n) is 6.59. The number of likely N-dealkylation sites (tertiary alicyclic amines) is 1. The van der Waals surface area contributed by atoms with Crippen LogP contribution < -0.4 is 0 Å². The van der Waals surface area contributed by atoms with Crippen LogP contribution in [0.1, 0.15) is 24.8 Å². The molecule has 5 heteroatoms. The average Bonchev–Trinajstić information content (AvgIpc) is 3.07. The summed E-state index contributed by atoms with van der Waals surface area (Å²) in [5.74, 6) is -0.707. The van der Waals surface area contributed by atoms with Crippen LogP contribution in [0, 0.1) is 0 Å². The summed E-state index contributed by atoms with van der Waals surface area (Å²) in [5.41, 5.74) is 4.26. The highest BCUT2D eigenvalue weighted by molar-refractivity contribution is 5.77. The van der Waals surface area contributed by atoms with Crippen molar-refractivity contribution in [3.63, 3.8) is 0 Å². The molecule has 2 heterocycles. The molecule has 1 aromatic heterocycles. The summed E-state index contributed by atoms with van der Waals surface area (Å²) in [4.78, 5) is 17.9. The molecule has 2 aromatic carbocycles. The van der Waals surface area contributed by atoms with Crippen LogP contribution in [-0.2, 0) is 11.3 Å². The molecular weight excluding hydrogens is 314 g/mol. The molecule has 1 atom stereocenters. The van der Waals surface area contributed by atoms with Crippen LogP contribution in [-0.4, -0.2) is 38.1 Å². The van der Waals surface area contributed by atoms with Crippen LogP contribution in [0.2, 0.25) is 0 Å². The van der Waals surface area contributed by atoms with Gasteiger partial charge in [0.25, 0.3) is 0 Å². The van der Waals surface area contributed by atoms with Gasteiger partial charge in [0.15, 0.2) is 0 Å². The highest BCUT2D eigenvalue weighted by Gasteiger charge is 2.28. The Kier molecular flexibility index (Phi) is 4.24. The molecule has 0 saturated carbocycles. The topological polar surface area (TPSA) is 58.4 Å². The van der Waals surface area contributed by atoms with E-state index in [0.29, 0.717) is 6.54 Å². The van der Waals surface area contributed by atoms with E-state index in [1.165, 1.54) is 0 Å². The summed E-state index contributed by atoms with van der Waals surface area (Å²) < 4.78 is 2.07. The predicted molar refractivity (Wildman–Crippen MR) is 96.8 cm³/mol. The fourth-order valence-electron chi connectivity index (χ4n) is 3.62. The van der Waals surface area contributed by atoms with Gasteiger partial charge in [0.2, 0.25) is 0 Å². The van der Waals surface area contributed by atoms with E-state index in [4.69, 9.17) is 0 Å². The van der Waals surface area contributed by atoms with Gasteiger partial charge in [0.05, 0.1) is 11.0 Å². The molecule has 128 valence electrons. The summed E-state index contributed by atoms with van der Waals surface area (Å²) in [6, 6.07) is 16.0. The van der Waals surface area contributed by atoms with Crippen LogP contribution in [0.5, 0.6) is 0 Å². The number of rotatable bonds is 4. The summed E-state index contributed by atoms with van der Waals surface area (Å²) in [6.07, 6.45) is 4.65. The average molecular weight is 335 g/mol. The molecule has 4 rings (SSSR count). The van der Waals surface area contributed by atoms with Crippen molar-refractivity contribution in [2.24, 2.45) is 0 Å². The van der Waals surface area contributed by atoms with Gasteiger partial charge in [0, 0.05) is 12.2 Å². The highest BCUT2D eigenvalue weighted by atomic mass is 16.4. The maximum Gasteiger partial charge on any atom is 0.320 e. The Bertz CT molecular complexity index is 885. The predicted octanol–water partition coefficient (Wildman–Crippen LogP) is 3.46. The summed E-state index contributed by atoms with van der Waals surface area (Å²) in [7, 11) is 0. The van der Waals surface area contributed by atoms with E-state index >= 15 is 0 Å². The summed E-state index contributed by atoms with van der Waals surface area (Å²) >= 11 is 0. The van der Waals surface area contributed by atoms with Crippen molar-refractivity contribution in [2.75, 3.05) is 6.54 Å². The minimum Gasteiger partial charge on any atom is -0.480 e. The second-order valence-corrected chi connectivity index (χ2v) is 6.59. The second kappa shape index (κ2) is 6.69. The first-order valence-corrected chi connectivity index (χ1v) is 8.70. The van der Waals surface area contributed by atoms with E-state index < -0.39 is 5.97 Å². The zero-order chi connectivity index (χ0) is 17.2. The normalized spacial score (nSPS) is 18.5. The first-order valence-electron chi connectivity index (χ1n) is 8.70. The summed E-state index contributed by atoms with van der Waals surface area (Å²) in [6.45, 7) is 1.53. The molecule has 5 nitrogen and oxygen atoms in total. The molecule has 1 aliphatic rings. The van der Waals surface area contributed by atoms with E-state index in [2.05, 4.69) is 44.8 Å². The SMILES string of the molecule is O=C(O)C1CCCCN1Cc1ccc(-n2cnc3ccccc32)cc1. The number of fused-ring (bicyclic) bond motifs is 1. The summed E-state index contributed by atoms with van der Waals surface area (Å²) in [5, 5.41) is 9.40. The monoisotopic (exact) mass is 335 g/mol. The van der Waals surface area contributed by atoms with E-state index in [-0.39, 0.29) is 6.04 Å². The first kappa shape index (κ1) is 15.8. The van der Waals surface area contributed by atoms with Crippen molar-refractivity contribution in [1.82, 2.24) is 14.5 Å². The molecule has 0 spiro atoms. The van der Waals surface area contributed by atoms with Crippen LogP contribution in [0.15, 0.2) is 54.9 Å². The number of aromatic nitrogens is 2. The van der Waals surface area contributed by atoms with Crippen molar-refractivity contribution in [2.45, 2.75) is 31.8 Å². The minimum absolute atomic E-state index is 0.356. The quantitative estimate of drug-likeness (QED) is 0.793. The number of hydrogen-bond donors (Lipinski definition) is 1. The fraction of sp³-hybridized carbons (Fsp3) is 0.300. The van der Waals surface area contributed by atoms with Crippen molar-refractivity contribution in [1.29, 1.82) is 0 Å².